The topological polar surface area (TPSA) is 46.6 Å². The summed E-state index contributed by atoms with van der Waals surface area (Å²) in [7, 11) is -3.40. The zero-order chi connectivity index (χ0) is 12.3. The monoisotopic (exact) mass is 319 g/mol. The predicted octanol–water partition coefficient (Wildman–Crippen LogP) is 1.47. The van der Waals surface area contributed by atoms with Crippen molar-refractivity contribution < 1.29 is 13.2 Å². The maximum absolute atomic E-state index is 12.4. The largest absolute Gasteiger partial charge is 0.378 e. The maximum Gasteiger partial charge on any atom is 0.243 e. The van der Waals surface area contributed by atoms with Crippen LogP contribution in [0.15, 0.2) is 35.2 Å². The third kappa shape index (κ3) is 2.70. The Hall–Kier alpha value is -0.430. The summed E-state index contributed by atoms with van der Waals surface area (Å²) in [5, 5.41) is 0.582. The lowest BCUT2D eigenvalue weighted by atomic mass is 10.3. The molecule has 2 rings (SSSR count). The normalized spacial score (nSPS) is 22.5. The Kier molecular flexibility index (Phi) is 4.19. The van der Waals surface area contributed by atoms with Crippen LogP contribution in [0.25, 0.3) is 0 Å². The highest BCUT2D eigenvalue weighted by atomic mass is 79.9. The molecule has 1 aromatic carbocycles. The molecule has 1 aromatic rings. The fourth-order valence-electron chi connectivity index (χ4n) is 1.81. The summed E-state index contributed by atoms with van der Waals surface area (Å²) in [4.78, 5) is 0.341. The second kappa shape index (κ2) is 5.48. The highest BCUT2D eigenvalue weighted by molar-refractivity contribution is 9.09. The molecule has 94 valence electrons. The van der Waals surface area contributed by atoms with Crippen LogP contribution in [0.3, 0.4) is 0 Å². The number of halogens is 1. The molecular weight excluding hydrogens is 306 g/mol. The lowest BCUT2D eigenvalue weighted by Crippen LogP contribution is -2.49. The molecular formula is C11H14BrNO3S. The first-order valence-electron chi connectivity index (χ1n) is 5.37. The van der Waals surface area contributed by atoms with Crippen LogP contribution in [0.1, 0.15) is 0 Å². The molecule has 0 aromatic heterocycles. The van der Waals surface area contributed by atoms with Gasteiger partial charge in [-0.3, -0.25) is 0 Å². The number of ether oxygens (including phenoxy) is 1. The quantitative estimate of drug-likeness (QED) is 0.793. The van der Waals surface area contributed by atoms with Crippen molar-refractivity contribution in [3.8, 4) is 0 Å². The van der Waals surface area contributed by atoms with E-state index in [0.29, 0.717) is 30.0 Å². The number of alkyl halides is 1. The second-order valence-corrected chi connectivity index (χ2v) is 6.35. The number of benzene rings is 1. The smallest absolute Gasteiger partial charge is 0.243 e. The Labute approximate surface area is 110 Å². The van der Waals surface area contributed by atoms with Crippen LogP contribution >= 0.6 is 15.9 Å². The van der Waals surface area contributed by atoms with Gasteiger partial charge in [0.25, 0.3) is 0 Å². The van der Waals surface area contributed by atoms with Crippen molar-refractivity contribution >= 4 is 26.0 Å². The van der Waals surface area contributed by atoms with E-state index in [1.54, 1.807) is 30.3 Å². The van der Waals surface area contributed by atoms with Gasteiger partial charge in [-0.15, -0.1) is 0 Å². The molecule has 1 unspecified atom stereocenters. The molecule has 0 amide bonds. The van der Waals surface area contributed by atoms with Crippen LogP contribution in [-0.4, -0.2) is 43.9 Å². The summed E-state index contributed by atoms with van der Waals surface area (Å²) in [5.41, 5.74) is 0. The summed E-state index contributed by atoms with van der Waals surface area (Å²) >= 11 is 3.33. The SMILES string of the molecule is O=S(=O)(c1ccccc1)N1CCOCC1CBr. The van der Waals surface area contributed by atoms with Gasteiger partial charge in [0.05, 0.1) is 24.2 Å². The molecule has 1 heterocycles. The van der Waals surface area contributed by atoms with Crippen molar-refractivity contribution in [2.45, 2.75) is 10.9 Å². The van der Waals surface area contributed by atoms with Crippen LogP contribution < -0.4 is 0 Å². The summed E-state index contributed by atoms with van der Waals surface area (Å²) in [5.74, 6) is 0. The minimum Gasteiger partial charge on any atom is -0.378 e. The Morgan fingerprint density at radius 1 is 1.35 bits per heavy atom. The van der Waals surface area contributed by atoms with Crippen LogP contribution in [0.2, 0.25) is 0 Å². The van der Waals surface area contributed by atoms with Crippen molar-refractivity contribution in [3.63, 3.8) is 0 Å². The van der Waals surface area contributed by atoms with Crippen molar-refractivity contribution in [1.82, 2.24) is 4.31 Å². The molecule has 17 heavy (non-hydrogen) atoms. The second-order valence-electron chi connectivity index (χ2n) is 3.81. The highest BCUT2D eigenvalue weighted by Crippen LogP contribution is 2.21. The van der Waals surface area contributed by atoms with Crippen molar-refractivity contribution in [2.24, 2.45) is 0 Å². The Balaban J connectivity index is 2.31. The number of rotatable bonds is 3. The van der Waals surface area contributed by atoms with E-state index in [-0.39, 0.29) is 6.04 Å². The van der Waals surface area contributed by atoms with E-state index >= 15 is 0 Å². The van der Waals surface area contributed by atoms with Gasteiger partial charge in [0.1, 0.15) is 0 Å². The van der Waals surface area contributed by atoms with Crippen LogP contribution in [0, 0.1) is 0 Å². The van der Waals surface area contributed by atoms with Crippen molar-refractivity contribution in [1.29, 1.82) is 0 Å². The maximum atomic E-state index is 12.4. The molecule has 0 saturated carbocycles. The zero-order valence-corrected chi connectivity index (χ0v) is 11.7. The first-order chi connectivity index (χ1) is 8.16. The van der Waals surface area contributed by atoms with Gasteiger partial charge in [-0.1, -0.05) is 34.1 Å². The molecule has 4 nitrogen and oxygen atoms in total. The van der Waals surface area contributed by atoms with Crippen molar-refractivity contribution in [3.05, 3.63) is 30.3 Å². The van der Waals surface area contributed by atoms with E-state index in [9.17, 15) is 8.42 Å². The van der Waals surface area contributed by atoms with E-state index in [1.165, 1.54) is 4.31 Å². The molecule has 1 saturated heterocycles. The predicted molar refractivity (Wildman–Crippen MR) is 68.7 cm³/mol. The molecule has 0 radical (unpaired) electrons. The van der Waals surface area contributed by atoms with Gasteiger partial charge >= 0.3 is 0 Å². The molecule has 6 heteroatoms. The summed E-state index contributed by atoms with van der Waals surface area (Å²) in [6.07, 6.45) is 0. The average molecular weight is 320 g/mol. The van der Waals surface area contributed by atoms with Gasteiger partial charge in [-0.25, -0.2) is 8.42 Å². The van der Waals surface area contributed by atoms with E-state index in [4.69, 9.17) is 4.74 Å². The summed E-state index contributed by atoms with van der Waals surface area (Å²) in [6, 6.07) is 8.38. The molecule has 1 aliphatic rings. The van der Waals surface area contributed by atoms with Gasteiger partial charge in [0.2, 0.25) is 10.0 Å². The lowest BCUT2D eigenvalue weighted by Gasteiger charge is -2.33. The Bertz CT molecular complexity index is 463. The summed E-state index contributed by atoms with van der Waals surface area (Å²) in [6.45, 7) is 1.31. The molecule has 0 spiro atoms. The van der Waals surface area contributed by atoms with E-state index < -0.39 is 10.0 Å². The van der Waals surface area contributed by atoms with Crippen molar-refractivity contribution in [2.75, 3.05) is 25.1 Å². The van der Waals surface area contributed by atoms with E-state index in [0.717, 1.165) is 0 Å². The van der Waals surface area contributed by atoms with Crippen LogP contribution in [0.4, 0.5) is 0 Å². The molecule has 1 aliphatic heterocycles. The van der Waals surface area contributed by atoms with E-state index in [1.807, 2.05) is 0 Å². The molecule has 0 bridgehead atoms. The third-order valence-corrected chi connectivity index (χ3v) is 5.41. The Morgan fingerprint density at radius 3 is 2.71 bits per heavy atom. The highest BCUT2D eigenvalue weighted by Gasteiger charge is 2.33. The lowest BCUT2D eigenvalue weighted by molar-refractivity contribution is 0.0413. The molecule has 0 aliphatic carbocycles. The molecule has 1 atom stereocenters. The fraction of sp³-hybridized carbons (Fsp3) is 0.455. The van der Waals surface area contributed by atoms with Gasteiger partial charge in [0.15, 0.2) is 0 Å². The number of sulfonamides is 1. The first kappa shape index (κ1) is 13.0. The Morgan fingerprint density at radius 2 is 2.06 bits per heavy atom. The van der Waals surface area contributed by atoms with Crippen LogP contribution in [-0.2, 0) is 14.8 Å². The molecule has 1 fully saturated rings. The number of morpholine rings is 1. The standard InChI is InChI=1S/C11H14BrNO3S/c12-8-10-9-16-7-6-13(10)17(14,15)11-4-2-1-3-5-11/h1-5,10H,6-9H2. The van der Waals surface area contributed by atoms with Gasteiger partial charge < -0.3 is 4.74 Å². The minimum absolute atomic E-state index is 0.131. The van der Waals surface area contributed by atoms with Gasteiger partial charge in [0, 0.05) is 11.9 Å². The fourth-order valence-corrected chi connectivity index (χ4v) is 4.15. The zero-order valence-electron chi connectivity index (χ0n) is 9.25. The van der Waals surface area contributed by atoms with Crippen LogP contribution in [0.5, 0.6) is 0 Å². The number of nitrogens with zero attached hydrogens (tertiary/aromatic N) is 1. The number of hydrogen-bond acceptors (Lipinski definition) is 3. The number of hydrogen-bond donors (Lipinski definition) is 0. The minimum atomic E-state index is -3.40. The van der Waals surface area contributed by atoms with E-state index in [2.05, 4.69) is 15.9 Å². The molecule has 0 N–H and O–H groups in total. The van der Waals surface area contributed by atoms with Gasteiger partial charge in [-0.2, -0.15) is 4.31 Å². The van der Waals surface area contributed by atoms with Gasteiger partial charge in [-0.05, 0) is 12.1 Å². The first-order valence-corrected chi connectivity index (χ1v) is 7.93. The third-order valence-electron chi connectivity index (χ3n) is 2.70. The summed E-state index contributed by atoms with van der Waals surface area (Å²) < 4.78 is 31.6. The average Bonchev–Trinajstić information content (AvgIpc) is 2.39.